The number of hydrogen-bond donors (Lipinski definition) is 1. The summed E-state index contributed by atoms with van der Waals surface area (Å²) in [6.07, 6.45) is 1.19. The minimum atomic E-state index is -0.484. The maximum Gasteiger partial charge on any atom is 0.410 e. The number of ether oxygens (including phenoxy) is 1. The van der Waals surface area contributed by atoms with Crippen molar-refractivity contribution in [3.05, 3.63) is 17.5 Å². The minimum absolute atomic E-state index is 0.0445. The van der Waals surface area contributed by atoms with E-state index in [9.17, 15) is 9.59 Å². The standard InChI is InChI=1S/C17H28N4O3/c1-12-10-13(2)21(19-12)11-15(22)18-14-6-8-20(9-7-14)16(23)24-17(3,4)5/h10,14H,6-9,11H2,1-5H3,(H,18,22). The molecule has 2 amide bonds. The molecule has 0 bridgehead atoms. The van der Waals surface area contributed by atoms with Crippen molar-refractivity contribution in [3.8, 4) is 0 Å². The maximum absolute atomic E-state index is 12.2. The number of piperidine rings is 1. The van der Waals surface area contributed by atoms with Crippen LogP contribution in [0.1, 0.15) is 45.0 Å². The van der Waals surface area contributed by atoms with Crippen LogP contribution in [0.3, 0.4) is 0 Å². The summed E-state index contributed by atoms with van der Waals surface area (Å²) < 4.78 is 7.08. The lowest BCUT2D eigenvalue weighted by Crippen LogP contribution is -2.48. The SMILES string of the molecule is Cc1cc(C)n(CC(=O)NC2CCN(C(=O)OC(C)(C)C)CC2)n1. The first-order chi connectivity index (χ1) is 11.1. The summed E-state index contributed by atoms with van der Waals surface area (Å²) in [5.74, 6) is -0.0445. The molecule has 1 saturated heterocycles. The van der Waals surface area contributed by atoms with Gasteiger partial charge in [-0.15, -0.1) is 0 Å². The Morgan fingerprint density at radius 3 is 2.42 bits per heavy atom. The van der Waals surface area contributed by atoms with Crippen molar-refractivity contribution in [3.63, 3.8) is 0 Å². The van der Waals surface area contributed by atoms with Crippen LogP contribution >= 0.6 is 0 Å². The van der Waals surface area contributed by atoms with E-state index < -0.39 is 5.60 Å². The van der Waals surface area contributed by atoms with E-state index in [1.807, 2.05) is 40.7 Å². The molecule has 134 valence electrons. The average Bonchev–Trinajstić information content (AvgIpc) is 2.75. The Bertz CT molecular complexity index is 595. The molecule has 24 heavy (non-hydrogen) atoms. The molecular weight excluding hydrogens is 308 g/mol. The highest BCUT2D eigenvalue weighted by Crippen LogP contribution is 2.15. The van der Waals surface area contributed by atoms with Crippen molar-refractivity contribution in [1.29, 1.82) is 0 Å². The van der Waals surface area contributed by atoms with E-state index in [0.29, 0.717) is 13.1 Å². The molecule has 7 nitrogen and oxygen atoms in total. The van der Waals surface area contributed by atoms with E-state index in [-0.39, 0.29) is 24.6 Å². The van der Waals surface area contributed by atoms with E-state index in [1.54, 1.807) is 9.58 Å². The molecule has 1 aromatic heterocycles. The maximum atomic E-state index is 12.2. The number of aryl methyl sites for hydroxylation is 2. The van der Waals surface area contributed by atoms with Crippen molar-refractivity contribution < 1.29 is 14.3 Å². The fraction of sp³-hybridized carbons (Fsp3) is 0.706. The molecule has 0 atom stereocenters. The first-order valence-electron chi connectivity index (χ1n) is 8.42. The molecule has 1 fully saturated rings. The molecule has 1 aliphatic rings. The monoisotopic (exact) mass is 336 g/mol. The molecule has 2 heterocycles. The van der Waals surface area contributed by atoms with Gasteiger partial charge in [0.2, 0.25) is 5.91 Å². The molecule has 1 aromatic rings. The first-order valence-corrected chi connectivity index (χ1v) is 8.42. The number of aromatic nitrogens is 2. The van der Waals surface area contributed by atoms with Gasteiger partial charge in [-0.3, -0.25) is 9.48 Å². The Hall–Kier alpha value is -2.05. The van der Waals surface area contributed by atoms with Gasteiger partial charge in [0.25, 0.3) is 0 Å². The number of carbonyl (C=O) groups is 2. The van der Waals surface area contributed by atoms with Gasteiger partial charge in [0, 0.05) is 24.8 Å². The zero-order valence-electron chi connectivity index (χ0n) is 15.3. The predicted octanol–water partition coefficient (Wildman–Crippen LogP) is 2.02. The Kier molecular flexibility index (Phi) is 5.51. The van der Waals surface area contributed by atoms with E-state index in [2.05, 4.69) is 10.4 Å². The molecule has 0 aromatic carbocycles. The molecule has 0 radical (unpaired) electrons. The predicted molar refractivity (Wildman–Crippen MR) is 90.7 cm³/mol. The highest BCUT2D eigenvalue weighted by Gasteiger charge is 2.27. The summed E-state index contributed by atoms with van der Waals surface area (Å²) in [5.41, 5.74) is 1.40. The zero-order valence-corrected chi connectivity index (χ0v) is 15.3. The zero-order chi connectivity index (χ0) is 17.9. The summed E-state index contributed by atoms with van der Waals surface area (Å²) in [7, 11) is 0. The third kappa shape index (κ3) is 5.25. The van der Waals surface area contributed by atoms with Crippen molar-refractivity contribution in [2.45, 2.75) is 65.6 Å². The van der Waals surface area contributed by atoms with Gasteiger partial charge in [-0.25, -0.2) is 4.79 Å². The topological polar surface area (TPSA) is 76.5 Å². The number of amides is 2. The molecule has 0 spiro atoms. The van der Waals surface area contributed by atoms with Crippen LogP contribution in [0.25, 0.3) is 0 Å². The van der Waals surface area contributed by atoms with Crippen LogP contribution in [0.4, 0.5) is 4.79 Å². The van der Waals surface area contributed by atoms with Crippen LogP contribution in [0.5, 0.6) is 0 Å². The van der Waals surface area contributed by atoms with E-state index >= 15 is 0 Å². The summed E-state index contributed by atoms with van der Waals surface area (Å²) in [6.45, 7) is 10.8. The first kappa shape index (κ1) is 18.3. The van der Waals surface area contributed by atoms with Crippen LogP contribution in [0.15, 0.2) is 6.07 Å². The largest absolute Gasteiger partial charge is 0.444 e. The van der Waals surface area contributed by atoms with Gasteiger partial charge >= 0.3 is 6.09 Å². The summed E-state index contributed by atoms with van der Waals surface area (Å²) in [5, 5.41) is 7.33. The highest BCUT2D eigenvalue weighted by molar-refractivity contribution is 5.76. The number of nitrogens with zero attached hydrogens (tertiary/aromatic N) is 3. The second kappa shape index (κ2) is 7.23. The average molecular weight is 336 g/mol. The second-order valence-electron chi connectivity index (χ2n) is 7.39. The van der Waals surface area contributed by atoms with Crippen molar-refractivity contribution in [2.75, 3.05) is 13.1 Å². The summed E-state index contributed by atoms with van der Waals surface area (Å²) in [6, 6.07) is 2.04. The second-order valence-corrected chi connectivity index (χ2v) is 7.39. The van der Waals surface area contributed by atoms with Gasteiger partial charge < -0.3 is 15.0 Å². The fourth-order valence-electron chi connectivity index (χ4n) is 2.78. The summed E-state index contributed by atoms with van der Waals surface area (Å²) >= 11 is 0. The number of rotatable bonds is 3. The number of nitrogens with one attached hydrogen (secondary N) is 1. The minimum Gasteiger partial charge on any atom is -0.444 e. The Labute approximate surface area is 143 Å². The van der Waals surface area contributed by atoms with Crippen molar-refractivity contribution in [1.82, 2.24) is 20.0 Å². The van der Waals surface area contributed by atoms with Gasteiger partial charge in [-0.1, -0.05) is 0 Å². The molecule has 2 rings (SSSR count). The molecule has 7 heteroatoms. The number of hydrogen-bond acceptors (Lipinski definition) is 4. The number of likely N-dealkylation sites (tertiary alicyclic amines) is 1. The smallest absolute Gasteiger partial charge is 0.410 e. The quantitative estimate of drug-likeness (QED) is 0.916. The van der Waals surface area contributed by atoms with Gasteiger partial charge in [0.05, 0.1) is 5.69 Å². The molecule has 0 unspecified atom stereocenters. The van der Waals surface area contributed by atoms with Gasteiger partial charge in [0.15, 0.2) is 0 Å². The lowest BCUT2D eigenvalue weighted by atomic mass is 10.1. The van der Waals surface area contributed by atoms with Crippen LogP contribution in [-0.2, 0) is 16.1 Å². The van der Waals surface area contributed by atoms with E-state index in [1.165, 1.54) is 0 Å². The van der Waals surface area contributed by atoms with Crippen LogP contribution in [0, 0.1) is 13.8 Å². The van der Waals surface area contributed by atoms with E-state index in [4.69, 9.17) is 4.74 Å². The fourth-order valence-corrected chi connectivity index (χ4v) is 2.78. The molecule has 0 saturated carbocycles. The van der Waals surface area contributed by atoms with Gasteiger partial charge in [-0.2, -0.15) is 5.10 Å². The Morgan fingerprint density at radius 2 is 1.92 bits per heavy atom. The third-order valence-corrected chi connectivity index (χ3v) is 3.91. The Balaban J connectivity index is 1.77. The Morgan fingerprint density at radius 1 is 1.29 bits per heavy atom. The van der Waals surface area contributed by atoms with Gasteiger partial charge in [-0.05, 0) is 53.5 Å². The molecule has 0 aliphatic carbocycles. The molecule has 1 N–H and O–H groups in total. The van der Waals surface area contributed by atoms with Crippen LogP contribution < -0.4 is 5.32 Å². The van der Waals surface area contributed by atoms with Crippen molar-refractivity contribution in [2.24, 2.45) is 0 Å². The molecule has 1 aliphatic heterocycles. The molecular formula is C17H28N4O3. The lowest BCUT2D eigenvalue weighted by molar-refractivity contribution is -0.122. The normalized spacial score (nSPS) is 16.1. The lowest BCUT2D eigenvalue weighted by Gasteiger charge is -2.33. The third-order valence-electron chi connectivity index (χ3n) is 3.91. The van der Waals surface area contributed by atoms with Crippen LogP contribution in [0.2, 0.25) is 0 Å². The van der Waals surface area contributed by atoms with Crippen LogP contribution in [-0.4, -0.2) is 51.4 Å². The van der Waals surface area contributed by atoms with Crippen molar-refractivity contribution >= 4 is 12.0 Å². The highest BCUT2D eigenvalue weighted by atomic mass is 16.6. The van der Waals surface area contributed by atoms with Gasteiger partial charge in [0.1, 0.15) is 12.1 Å². The number of carbonyl (C=O) groups excluding carboxylic acids is 2. The van der Waals surface area contributed by atoms with E-state index in [0.717, 1.165) is 24.2 Å². The summed E-state index contributed by atoms with van der Waals surface area (Å²) in [4.78, 5) is 25.9.